The predicted octanol–water partition coefficient (Wildman–Crippen LogP) is 5.25. The Morgan fingerprint density at radius 3 is 2.48 bits per heavy atom. The fraction of sp³-hybridized carbons (Fsp3) is 0.556. The van der Waals surface area contributed by atoms with Crippen LogP contribution in [-0.4, -0.2) is 47.0 Å². The molecular formula is C27H42N2O2. The minimum Gasteiger partial charge on any atom is -0.389 e. The standard InChI is InChI=1S/C27H42N2O2/c1-7-17-31-21-26(30)20-28(16-14-22(2)3)19-25-9-8-15-29(25)18-23-10-12-24(13-11-23)27(4,5)6/h7-13,15,22,26,30H,1,14,16-21H2,2-6H3. The van der Waals surface area contributed by atoms with Crippen molar-refractivity contribution in [2.24, 2.45) is 5.92 Å². The van der Waals surface area contributed by atoms with E-state index >= 15 is 0 Å². The predicted molar refractivity (Wildman–Crippen MR) is 130 cm³/mol. The van der Waals surface area contributed by atoms with Gasteiger partial charge in [0.1, 0.15) is 0 Å². The number of hydrogen-bond acceptors (Lipinski definition) is 3. The summed E-state index contributed by atoms with van der Waals surface area (Å²) in [7, 11) is 0. The second-order valence-electron chi connectivity index (χ2n) is 9.97. The highest BCUT2D eigenvalue weighted by Crippen LogP contribution is 2.22. The first-order valence-corrected chi connectivity index (χ1v) is 11.5. The van der Waals surface area contributed by atoms with Gasteiger partial charge in [-0.3, -0.25) is 4.90 Å². The number of aromatic nitrogens is 1. The Balaban J connectivity index is 2.04. The van der Waals surface area contributed by atoms with Gasteiger partial charge >= 0.3 is 0 Å². The van der Waals surface area contributed by atoms with Crippen LogP contribution in [0, 0.1) is 5.92 Å². The van der Waals surface area contributed by atoms with Crippen molar-refractivity contribution >= 4 is 0 Å². The van der Waals surface area contributed by atoms with Crippen LogP contribution in [0.25, 0.3) is 0 Å². The molecule has 0 fully saturated rings. The lowest BCUT2D eigenvalue weighted by molar-refractivity contribution is 0.0233. The number of benzene rings is 1. The van der Waals surface area contributed by atoms with Gasteiger partial charge in [0.15, 0.2) is 0 Å². The molecule has 172 valence electrons. The first-order valence-electron chi connectivity index (χ1n) is 11.5. The molecule has 0 aliphatic carbocycles. The molecule has 0 aliphatic heterocycles. The van der Waals surface area contributed by atoms with Gasteiger partial charge in [-0.25, -0.2) is 0 Å². The molecule has 1 aromatic carbocycles. The highest BCUT2D eigenvalue weighted by atomic mass is 16.5. The highest BCUT2D eigenvalue weighted by Gasteiger charge is 2.16. The lowest BCUT2D eigenvalue weighted by Gasteiger charge is -2.26. The summed E-state index contributed by atoms with van der Waals surface area (Å²) in [5.41, 5.74) is 4.10. The molecule has 1 heterocycles. The van der Waals surface area contributed by atoms with Crippen LogP contribution in [0.3, 0.4) is 0 Å². The maximum absolute atomic E-state index is 10.4. The normalized spacial score (nSPS) is 13.2. The third-order valence-corrected chi connectivity index (χ3v) is 5.52. The molecule has 0 saturated heterocycles. The lowest BCUT2D eigenvalue weighted by Crippen LogP contribution is -2.36. The number of aliphatic hydroxyl groups excluding tert-OH is 1. The van der Waals surface area contributed by atoms with Gasteiger partial charge in [0.25, 0.3) is 0 Å². The van der Waals surface area contributed by atoms with Crippen LogP contribution in [0.15, 0.2) is 55.3 Å². The molecule has 1 atom stereocenters. The summed E-state index contributed by atoms with van der Waals surface area (Å²) in [6.07, 6.45) is 4.47. The van der Waals surface area contributed by atoms with Gasteiger partial charge in [0.2, 0.25) is 0 Å². The Morgan fingerprint density at radius 1 is 1.16 bits per heavy atom. The molecule has 1 N–H and O–H groups in total. The third-order valence-electron chi connectivity index (χ3n) is 5.52. The highest BCUT2D eigenvalue weighted by molar-refractivity contribution is 5.28. The topological polar surface area (TPSA) is 37.6 Å². The molecule has 1 unspecified atom stereocenters. The summed E-state index contributed by atoms with van der Waals surface area (Å²) in [5, 5.41) is 10.4. The number of ether oxygens (including phenoxy) is 1. The van der Waals surface area contributed by atoms with Crippen LogP contribution < -0.4 is 0 Å². The number of hydrogen-bond donors (Lipinski definition) is 1. The van der Waals surface area contributed by atoms with E-state index in [2.05, 4.69) is 93.3 Å². The molecule has 2 rings (SSSR count). The summed E-state index contributed by atoms with van der Waals surface area (Å²) in [6, 6.07) is 13.3. The van der Waals surface area contributed by atoms with Gasteiger partial charge in [-0.05, 0) is 47.6 Å². The molecule has 4 heteroatoms. The summed E-state index contributed by atoms with van der Waals surface area (Å²) in [5.74, 6) is 0.629. The largest absolute Gasteiger partial charge is 0.389 e. The monoisotopic (exact) mass is 426 g/mol. The van der Waals surface area contributed by atoms with Crippen molar-refractivity contribution in [1.29, 1.82) is 0 Å². The van der Waals surface area contributed by atoms with E-state index in [0.717, 1.165) is 26.1 Å². The summed E-state index contributed by atoms with van der Waals surface area (Å²) >= 11 is 0. The molecule has 0 aliphatic rings. The Kier molecular flexibility index (Phi) is 10.0. The van der Waals surface area contributed by atoms with Crippen LogP contribution in [0.4, 0.5) is 0 Å². The van der Waals surface area contributed by atoms with Gasteiger partial charge in [0.05, 0.1) is 19.3 Å². The van der Waals surface area contributed by atoms with E-state index in [-0.39, 0.29) is 5.41 Å². The van der Waals surface area contributed by atoms with Crippen molar-refractivity contribution in [3.8, 4) is 0 Å². The maximum Gasteiger partial charge on any atom is 0.0900 e. The van der Waals surface area contributed by atoms with Gasteiger partial charge < -0.3 is 14.4 Å². The Morgan fingerprint density at radius 2 is 1.87 bits per heavy atom. The quantitative estimate of drug-likeness (QED) is 0.351. The van der Waals surface area contributed by atoms with Crippen molar-refractivity contribution in [3.05, 3.63) is 72.1 Å². The first-order chi connectivity index (χ1) is 14.7. The molecular weight excluding hydrogens is 384 g/mol. The Bertz CT molecular complexity index is 771. The molecule has 4 nitrogen and oxygen atoms in total. The van der Waals surface area contributed by atoms with Crippen LogP contribution in [0.1, 0.15) is 57.9 Å². The summed E-state index contributed by atoms with van der Waals surface area (Å²) in [4.78, 5) is 2.34. The molecule has 1 aromatic heterocycles. The molecule has 0 amide bonds. The summed E-state index contributed by atoms with van der Waals surface area (Å²) in [6.45, 7) is 18.9. The van der Waals surface area contributed by atoms with Crippen LogP contribution in [0.2, 0.25) is 0 Å². The van der Waals surface area contributed by atoms with Gasteiger partial charge in [-0.15, -0.1) is 6.58 Å². The van der Waals surface area contributed by atoms with E-state index in [1.807, 2.05) is 0 Å². The fourth-order valence-corrected chi connectivity index (χ4v) is 3.60. The van der Waals surface area contributed by atoms with Gasteiger partial charge in [-0.1, -0.05) is 65.0 Å². The summed E-state index contributed by atoms with van der Waals surface area (Å²) < 4.78 is 7.76. The zero-order chi connectivity index (χ0) is 22.9. The Hall–Kier alpha value is -1.88. The van der Waals surface area contributed by atoms with E-state index in [0.29, 0.717) is 25.7 Å². The van der Waals surface area contributed by atoms with Crippen molar-refractivity contribution < 1.29 is 9.84 Å². The van der Waals surface area contributed by atoms with Crippen molar-refractivity contribution in [2.45, 2.75) is 65.6 Å². The number of nitrogens with zero attached hydrogens (tertiary/aromatic N) is 2. The molecule has 0 radical (unpaired) electrons. The second kappa shape index (κ2) is 12.2. The maximum atomic E-state index is 10.4. The van der Waals surface area contributed by atoms with E-state index in [9.17, 15) is 5.11 Å². The SMILES string of the molecule is C=CCOCC(O)CN(CCC(C)C)Cc1cccn1Cc1ccc(C(C)(C)C)cc1. The van der Waals surface area contributed by atoms with Crippen molar-refractivity contribution in [2.75, 3.05) is 26.3 Å². The van der Waals surface area contributed by atoms with Crippen LogP contribution in [-0.2, 0) is 23.2 Å². The number of aliphatic hydroxyl groups is 1. The van der Waals surface area contributed by atoms with Gasteiger partial charge in [0, 0.05) is 31.5 Å². The van der Waals surface area contributed by atoms with Crippen molar-refractivity contribution in [1.82, 2.24) is 9.47 Å². The molecule has 0 spiro atoms. The molecule has 31 heavy (non-hydrogen) atoms. The van der Waals surface area contributed by atoms with Crippen LogP contribution in [0.5, 0.6) is 0 Å². The van der Waals surface area contributed by atoms with Crippen LogP contribution >= 0.6 is 0 Å². The van der Waals surface area contributed by atoms with Crippen molar-refractivity contribution in [3.63, 3.8) is 0 Å². The van der Waals surface area contributed by atoms with E-state index in [4.69, 9.17) is 4.74 Å². The van der Waals surface area contributed by atoms with E-state index < -0.39 is 6.10 Å². The van der Waals surface area contributed by atoms with Gasteiger partial charge in [-0.2, -0.15) is 0 Å². The fourth-order valence-electron chi connectivity index (χ4n) is 3.60. The Labute approximate surface area is 189 Å². The average molecular weight is 427 g/mol. The molecule has 0 bridgehead atoms. The zero-order valence-electron chi connectivity index (χ0n) is 20.2. The lowest BCUT2D eigenvalue weighted by atomic mass is 9.87. The number of rotatable bonds is 13. The molecule has 0 saturated carbocycles. The van der Waals surface area contributed by atoms with E-state index in [1.54, 1.807) is 6.08 Å². The minimum absolute atomic E-state index is 0.171. The smallest absolute Gasteiger partial charge is 0.0900 e. The second-order valence-corrected chi connectivity index (χ2v) is 9.97. The molecule has 2 aromatic rings. The zero-order valence-corrected chi connectivity index (χ0v) is 20.2. The minimum atomic E-state index is -0.500. The third kappa shape index (κ3) is 9.02. The first kappa shape index (κ1) is 25.4. The van der Waals surface area contributed by atoms with E-state index in [1.165, 1.54) is 16.8 Å². The average Bonchev–Trinajstić information content (AvgIpc) is 3.12.